The molecule has 25 heavy (non-hydrogen) atoms. The van der Waals surface area contributed by atoms with Crippen LogP contribution < -0.4 is 5.32 Å². The SMILES string of the molecule is Cc1c(C(=O)O[C@@H](C)C(=O)Nc2ccc(Cl)cc2)oc2ccccc12. The third-order valence-electron chi connectivity index (χ3n) is 3.79. The van der Waals surface area contributed by atoms with Gasteiger partial charge >= 0.3 is 5.97 Å². The maximum atomic E-state index is 12.3. The zero-order chi connectivity index (χ0) is 18.0. The van der Waals surface area contributed by atoms with Gasteiger partial charge < -0.3 is 14.5 Å². The molecule has 3 rings (SSSR count). The fourth-order valence-corrected chi connectivity index (χ4v) is 2.54. The number of aryl methyl sites for hydroxylation is 1. The molecule has 1 heterocycles. The first-order chi connectivity index (χ1) is 12.0. The van der Waals surface area contributed by atoms with Crippen molar-refractivity contribution in [3.05, 3.63) is 64.9 Å². The minimum Gasteiger partial charge on any atom is -0.449 e. The van der Waals surface area contributed by atoms with Gasteiger partial charge in [0.15, 0.2) is 6.10 Å². The number of fused-ring (bicyclic) bond motifs is 1. The van der Waals surface area contributed by atoms with Crippen molar-refractivity contribution in [2.45, 2.75) is 20.0 Å². The topological polar surface area (TPSA) is 68.5 Å². The fraction of sp³-hybridized carbons (Fsp3) is 0.158. The van der Waals surface area contributed by atoms with Crippen LogP contribution in [0, 0.1) is 6.92 Å². The van der Waals surface area contributed by atoms with Crippen molar-refractivity contribution >= 4 is 40.1 Å². The van der Waals surface area contributed by atoms with Crippen LogP contribution in [0.25, 0.3) is 11.0 Å². The van der Waals surface area contributed by atoms with Gasteiger partial charge in [0.1, 0.15) is 5.58 Å². The molecule has 3 aromatic rings. The Morgan fingerprint density at radius 2 is 1.80 bits per heavy atom. The summed E-state index contributed by atoms with van der Waals surface area (Å²) in [6.07, 6.45) is -0.976. The summed E-state index contributed by atoms with van der Waals surface area (Å²) in [5, 5.41) is 4.07. The maximum Gasteiger partial charge on any atom is 0.375 e. The number of anilines is 1. The molecule has 5 nitrogen and oxygen atoms in total. The molecule has 0 aliphatic carbocycles. The van der Waals surface area contributed by atoms with Crippen molar-refractivity contribution in [3.63, 3.8) is 0 Å². The van der Waals surface area contributed by atoms with E-state index >= 15 is 0 Å². The lowest BCUT2D eigenvalue weighted by Crippen LogP contribution is -2.30. The molecule has 0 spiro atoms. The molecular formula is C19H16ClNO4. The number of esters is 1. The number of rotatable bonds is 4. The minimum atomic E-state index is -0.976. The number of halogens is 1. The molecular weight excluding hydrogens is 342 g/mol. The first kappa shape index (κ1) is 17.0. The average molecular weight is 358 g/mol. The van der Waals surface area contributed by atoms with Gasteiger partial charge in [0.25, 0.3) is 5.91 Å². The smallest absolute Gasteiger partial charge is 0.375 e. The van der Waals surface area contributed by atoms with Crippen molar-refractivity contribution in [3.8, 4) is 0 Å². The van der Waals surface area contributed by atoms with Gasteiger partial charge in [-0.3, -0.25) is 4.79 Å². The Kier molecular flexibility index (Phi) is 4.76. The number of carbonyl (C=O) groups is 2. The highest BCUT2D eigenvalue weighted by Gasteiger charge is 2.24. The number of nitrogens with one attached hydrogen (secondary N) is 1. The third-order valence-corrected chi connectivity index (χ3v) is 4.05. The van der Waals surface area contributed by atoms with Gasteiger partial charge in [-0.15, -0.1) is 0 Å². The van der Waals surface area contributed by atoms with E-state index in [1.54, 1.807) is 37.3 Å². The second-order valence-corrected chi connectivity index (χ2v) is 6.03. The Labute approximate surface area is 149 Å². The van der Waals surface area contributed by atoms with Crippen LogP contribution in [0.3, 0.4) is 0 Å². The number of para-hydroxylation sites is 1. The summed E-state index contributed by atoms with van der Waals surface area (Å²) in [5.74, 6) is -1.01. The molecule has 0 bridgehead atoms. The molecule has 1 amide bonds. The average Bonchev–Trinajstić information content (AvgIpc) is 2.94. The van der Waals surface area contributed by atoms with Gasteiger partial charge in [0.2, 0.25) is 5.76 Å². The molecule has 0 radical (unpaired) electrons. The largest absolute Gasteiger partial charge is 0.449 e. The van der Waals surface area contributed by atoms with Crippen molar-refractivity contribution < 1.29 is 18.7 Å². The van der Waals surface area contributed by atoms with Crippen molar-refractivity contribution in [2.75, 3.05) is 5.32 Å². The van der Waals surface area contributed by atoms with E-state index < -0.39 is 18.0 Å². The van der Waals surface area contributed by atoms with Gasteiger partial charge in [-0.2, -0.15) is 0 Å². The van der Waals surface area contributed by atoms with Crippen LogP contribution in [-0.4, -0.2) is 18.0 Å². The van der Waals surface area contributed by atoms with Crippen LogP contribution >= 0.6 is 11.6 Å². The van der Waals surface area contributed by atoms with E-state index in [9.17, 15) is 9.59 Å². The summed E-state index contributed by atoms with van der Waals surface area (Å²) in [6.45, 7) is 3.28. The molecule has 2 aromatic carbocycles. The molecule has 0 saturated carbocycles. The standard InChI is InChI=1S/C19H16ClNO4/c1-11-15-5-3-4-6-16(15)25-17(11)19(23)24-12(2)18(22)21-14-9-7-13(20)8-10-14/h3-10,12H,1-2H3,(H,21,22)/t12-/m0/s1. The number of furan rings is 1. The van der Waals surface area contributed by atoms with Crippen molar-refractivity contribution in [1.29, 1.82) is 0 Å². The molecule has 0 fully saturated rings. The van der Waals surface area contributed by atoms with Gasteiger partial charge in [0, 0.05) is 21.7 Å². The first-order valence-electron chi connectivity index (χ1n) is 7.71. The summed E-state index contributed by atoms with van der Waals surface area (Å²) >= 11 is 5.80. The van der Waals surface area contributed by atoms with Crippen molar-refractivity contribution in [1.82, 2.24) is 0 Å². The summed E-state index contributed by atoms with van der Waals surface area (Å²) in [7, 11) is 0. The fourth-order valence-electron chi connectivity index (χ4n) is 2.41. The lowest BCUT2D eigenvalue weighted by atomic mass is 10.1. The summed E-state index contributed by atoms with van der Waals surface area (Å²) < 4.78 is 10.8. The van der Waals surface area contributed by atoms with Crippen LogP contribution in [0.15, 0.2) is 52.9 Å². The van der Waals surface area contributed by atoms with Gasteiger partial charge in [-0.05, 0) is 44.2 Å². The van der Waals surface area contributed by atoms with E-state index in [1.165, 1.54) is 6.92 Å². The van der Waals surface area contributed by atoms with Crippen LogP contribution in [0.2, 0.25) is 5.02 Å². The number of benzene rings is 2. The molecule has 0 saturated heterocycles. The molecule has 6 heteroatoms. The Bertz CT molecular complexity index is 930. The molecule has 1 atom stereocenters. The Hall–Kier alpha value is -2.79. The summed E-state index contributed by atoms with van der Waals surface area (Å²) in [5.41, 5.74) is 1.85. The number of hydrogen-bond donors (Lipinski definition) is 1. The van der Waals surface area contributed by atoms with E-state index in [1.807, 2.05) is 18.2 Å². The lowest BCUT2D eigenvalue weighted by Gasteiger charge is -2.13. The highest BCUT2D eigenvalue weighted by atomic mass is 35.5. The molecule has 1 N–H and O–H groups in total. The second kappa shape index (κ2) is 6.99. The Morgan fingerprint density at radius 1 is 1.12 bits per heavy atom. The van der Waals surface area contributed by atoms with Gasteiger partial charge in [0.05, 0.1) is 0 Å². The predicted molar refractivity (Wildman–Crippen MR) is 95.9 cm³/mol. The molecule has 1 aromatic heterocycles. The highest BCUT2D eigenvalue weighted by Crippen LogP contribution is 2.25. The number of carbonyl (C=O) groups excluding carboxylic acids is 2. The van der Waals surface area contributed by atoms with E-state index in [-0.39, 0.29) is 5.76 Å². The Morgan fingerprint density at radius 3 is 2.48 bits per heavy atom. The van der Waals surface area contributed by atoms with Crippen LogP contribution in [0.4, 0.5) is 5.69 Å². The predicted octanol–water partition coefficient (Wildman–Crippen LogP) is 4.58. The number of ether oxygens (including phenoxy) is 1. The van der Waals surface area contributed by atoms with E-state index in [0.29, 0.717) is 21.9 Å². The minimum absolute atomic E-state index is 0.104. The molecule has 128 valence electrons. The van der Waals surface area contributed by atoms with Crippen LogP contribution in [0.5, 0.6) is 0 Å². The van der Waals surface area contributed by atoms with E-state index in [2.05, 4.69) is 5.32 Å². The molecule has 0 aliphatic heterocycles. The van der Waals surface area contributed by atoms with Crippen LogP contribution in [0.1, 0.15) is 23.0 Å². The van der Waals surface area contributed by atoms with Gasteiger partial charge in [-0.25, -0.2) is 4.79 Å². The first-order valence-corrected chi connectivity index (χ1v) is 8.09. The van der Waals surface area contributed by atoms with Gasteiger partial charge in [-0.1, -0.05) is 29.8 Å². The normalized spacial score (nSPS) is 12.0. The van der Waals surface area contributed by atoms with Crippen LogP contribution in [-0.2, 0) is 9.53 Å². The molecule has 0 unspecified atom stereocenters. The zero-order valence-corrected chi connectivity index (χ0v) is 14.5. The highest BCUT2D eigenvalue weighted by molar-refractivity contribution is 6.30. The van der Waals surface area contributed by atoms with E-state index in [0.717, 1.165) is 5.39 Å². The molecule has 0 aliphatic rings. The number of amides is 1. The quantitative estimate of drug-likeness (QED) is 0.694. The summed E-state index contributed by atoms with van der Waals surface area (Å²) in [6, 6.07) is 14.0. The Balaban J connectivity index is 1.69. The monoisotopic (exact) mass is 357 g/mol. The zero-order valence-electron chi connectivity index (χ0n) is 13.7. The lowest BCUT2D eigenvalue weighted by molar-refractivity contribution is -0.123. The third kappa shape index (κ3) is 3.67. The van der Waals surface area contributed by atoms with E-state index in [4.69, 9.17) is 20.8 Å². The maximum absolute atomic E-state index is 12.3. The summed E-state index contributed by atoms with van der Waals surface area (Å²) in [4.78, 5) is 24.5. The second-order valence-electron chi connectivity index (χ2n) is 5.60. The number of hydrogen-bond acceptors (Lipinski definition) is 4. The van der Waals surface area contributed by atoms with Crippen molar-refractivity contribution in [2.24, 2.45) is 0 Å².